The fourth-order valence-electron chi connectivity index (χ4n) is 2.59. The van der Waals surface area contributed by atoms with Crippen molar-refractivity contribution in [3.05, 3.63) is 57.5 Å². The van der Waals surface area contributed by atoms with E-state index in [-0.39, 0.29) is 11.3 Å². The van der Waals surface area contributed by atoms with Crippen LogP contribution in [-0.2, 0) is 26.2 Å². The van der Waals surface area contributed by atoms with Crippen molar-refractivity contribution < 1.29 is 42.9 Å². The van der Waals surface area contributed by atoms with Gasteiger partial charge in [0.05, 0.1) is 17.4 Å². The molecule has 0 saturated heterocycles. The van der Waals surface area contributed by atoms with Gasteiger partial charge in [0.15, 0.2) is 5.78 Å². The van der Waals surface area contributed by atoms with Gasteiger partial charge in [-0.3, -0.25) is 19.2 Å². The van der Waals surface area contributed by atoms with Crippen molar-refractivity contribution >= 4 is 33.7 Å². The molecule has 0 aliphatic heterocycles. The van der Waals surface area contributed by atoms with Gasteiger partial charge in [-0.05, 0) is 37.3 Å². The van der Waals surface area contributed by atoms with Crippen molar-refractivity contribution in [2.45, 2.75) is 30.8 Å². The number of aromatic carboxylic acids is 1. The number of aromatic amines is 1. The Morgan fingerprint density at radius 1 is 1.09 bits per heavy atom. The molecule has 0 unspecified atom stereocenters. The molecule has 33 heavy (non-hydrogen) atoms. The summed E-state index contributed by atoms with van der Waals surface area (Å²) in [7, 11) is -4.26. The summed E-state index contributed by atoms with van der Waals surface area (Å²) in [5.41, 5.74) is -1.84. The molecule has 2 aromatic rings. The van der Waals surface area contributed by atoms with E-state index < -0.39 is 74.4 Å². The third-order valence-electron chi connectivity index (χ3n) is 4.37. The Morgan fingerprint density at radius 2 is 1.76 bits per heavy atom. The van der Waals surface area contributed by atoms with Gasteiger partial charge in [0.2, 0.25) is 10.0 Å². The number of aromatic hydroxyl groups is 1. The van der Waals surface area contributed by atoms with Gasteiger partial charge >= 0.3 is 11.9 Å². The van der Waals surface area contributed by atoms with Crippen molar-refractivity contribution in [1.29, 1.82) is 0 Å². The number of carboxylic acids is 2. The van der Waals surface area contributed by atoms with Crippen LogP contribution in [0.3, 0.4) is 0 Å². The van der Waals surface area contributed by atoms with E-state index in [0.29, 0.717) is 0 Å². The van der Waals surface area contributed by atoms with Gasteiger partial charge in [-0.15, -0.1) is 0 Å². The molecule has 0 aliphatic carbocycles. The molecule has 0 spiro atoms. The SMILES string of the molecule is CC(=O)[C@H](CC(=O)O)NC(=O)c1ccc(CNS(=O)(=O)c2ccc(O)c(C(=O)O)c2)c(=O)[nH]1. The standard InChI is InChI=1S/C19H19N3O10S/c1-9(23)14(7-16(25)26)22-18(28)13-4-2-10(17(27)21-13)8-20-33(31,32)11-3-5-15(24)12(6-11)19(29)30/h2-6,14,20,24H,7-8H2,1H3,(H,21,27)(H,22,28)(H,25,26)(H,29,30)/t14-/m0/s1. The minimum atomic E-state index is -4.26. The number of aromatic nitrogens is 1. The summed E-state index contributed by atoms with van der Waals surface area (Å²) >= 11 is 0. The number of hydrogen-bond donors (Lipinski definition) is 6. The Hall–Kier alpha value is -4.04. The van der Waals surface area contributed by atoms with Crippen LogP contribution in [0.1, 0.15) is 39.8 Å². The van der Waals surface area contributed by atoms with Crippen molar-refractivity contribution in [2.75, 3.05) is 0 Å². The number of hydrogen-bond acceptors (Lipinski definition) is 8. The smallest absolute Gasteiger partial charge is 0.339 e. The molecule has 0 bridgehead atoms. The number of Topliss-reactive ketones (excluding diaryl/α,β-unsaturated/α-hetero) is 1. The number of aliphatic carboxylic acids is 1. The Labute approximate surface area is 186 Å². The molecular weight excluding hydrogens is 462 g/mol. The molecule has 1 aromatic heterocycles. The van der Waals surface area contributed by atoms with E-state index in [1.165, 1.54) is 0 Å². The third kappa shape index (κ3) is 6.47. The first kappa shape index (κ1) is 25.2. The molecule has 13 nitrogen and oxygen atoms in total. The predicted octanol–water partition coefficient (Wildman–Crippen LogP) is -0.581. The number of carboxylic acid groups (broad SMARTS) is 2. The average molecular weight is 481 g/mol. The summed E-state index contributed by atoms with van der Waals surface area (Å²) in [5, 5.41) is 29.5. The summed E-state index contributed by atoms with van der Waals surface area (Å²) in [5.74, 6) is -4.98. The maximum absolute atomic E-state index is 12.4. The normalized spacial score (nSPS) is 12.0. The molecule has 1 aromatic carbocycles. The van der Waals surface area contributed by atoms with E-state index >= 15 is 0 Å². The summed E-state index contributed by atoms with van der Waals surface area (Å²) in [4.78, 5) is 59.5. The zero-order valence-electron chi connectivity index (χ0n) is 17.0. The van der Waals surface area contributed by atoms with Gasteiger partial charge in [0.1, 0.15) is 17.0 Å². The van der Waals surface area contributed by atoms with E-state index in [2.05, 4.69) is 15.0 Å². The number of rotatable bonds is 10. The first-order valence-electron chi connectivity index (χ1n) is 9.13. The lowest BCUT2D eigenvalue weighted by molar-refractivity contribution is -0.139. The Morgan fingerprint density at radius 3 is 2.30 bits per heavy atom. The average Bonchev–Trinajstić information content (AvgIpc) is 2.71. The van der Waals surface area contributed by atoms with E-state index in [0.717, 1.165) is 37.3 Å². The van der Waals surface area contributed by atoms with Crippen molar-refractivity contribution in [2.24, 2.45) is 0 Å². The summed E-state index contributed by atoms with van der Waals surface area (Å²) in [6, 6.07) is 3.62. The fourth-order valence-corrected chi connectivity index (χ4v) is 3.62. The zero-order valence-corrected chi connectivity index (χ0v) is 17.8. The highest BCUT2D eigenvalue weighted by molar-refractivity contribution is 7.89. The maximum atomic E-state index is 12.4. The Kier molecular flexibility index (Phi) is 7.68. The van der Waals surface area contributed by atoms with Crippen LogP contribution in [0.5, 0.6) is 5.75 Å². The number of benzene rings is 1. The van der Waals surface area contributed by atoms with Gasteiger partial charge in [-0.25, -0.2) is 17.9 Å². The second-order valence-corrected chi connectivity index (χ2v) is 8.54. The molecule has 0 radical (unpaired) electrons. The minimum absolute atomic E-state index is 0.0963. The molecule has 0 saturated carbocycles. The Balaban J connectivity index is 2.16. The zero-order chi connectivity index (χ0) is 24.9. The number of carbonyl (C=O) groups excluding carboxylic acids is 2. The van der Waals surface area contributed by atoms with Crippen LogP contribution in [0.4, 0.5) is 0 Å². The number of carbonyl (C=O) groups is 4. The molecule has 1 atom stereocenters. The fraction of sp³-hybridized carbons (Fsp3) is 0.211. The second-order valence-electron chi connectivity index (χ2n) is 6.77. The predicted molar refractivity (Wildman–Crippen MR) is 110 cm³/mol. The van der Waals surface area contributed by atoms with Crippen molar-refractivity contribution in [3.8, 4) is 5.75 Å². The first-order valence-corrected chi connectivity index (χ1v) is 10.6. The molecule has 176 valence electrons. The van der Waals surface area contributed by atoms with Crippen LogP contribution >= 0.6 is 0 Å². The maximum Gasteiger partial charge on any atom is 0.339 e. The molecule has 1 amide bonds. The lowest BCUT2D eigenvalue weighted by Gasteiger charge is -2.14. The number of phenols is 1. The van der Waals surface area contributed by atoms with E-state index in [9.17, 15) is 37.5 Å². The van der Waals surface area contributed by atoms with Crippen LogP contribution in [0, 0.1) is 0 Å². The number of amides is 1. The highest BCUT2D eigenvalue weighted by Crippen LogP contribution is 2.21. The highest BCUT2D eigenvalue weighted by Gasteiger charge is 2.22. The number of sulfonamides is 1. The highest BCUT2D eigenvalue weighted by atomic mass is 32.2. The van der Waals surface area contributed by atoms with E-state index in [1.807, 2.05) is 0 Å². The quantitative estimate of drug-likeness (QED) is 0.253. The van der Waals surface area contributed by atoms with Gasteiger partial charge in [-0.2, -0.15) is 0 Å². The summed E-state index contributed by atoms with van der Waals surface area (Å²) < 4.78 is 26.9. The summed E-state index contributed by atoms with van der Waals surface area (Å²) in [6.07, 6.45) is -0.647. The van der Waals surface area contributed by atoms with Gasteiger partial charge in [-0.1, -0.05) is 0 Å². The van der Waals surface area contributed by atoms with Crippen LogP contribution in [0.15, 0.2) is 40.0 Å². The van der Waals surface area contributed by atoms with Gasteiger partial charge in [0.25, 0.3) is 11.5 Å². The lowest BCUT2D eigenvalue weighted by Crippen LogP contribution is -2.42. The van der Waals surface area contributed by atoms with Crippen LogP contribution in [0.2, 0.25) is 0 Å². The molecular formula is C19H19N3O10S. The summed E-state index contributed by atoms with van der Waals surface area (Å²) in [6.45, 7) is 0.581. The number of H-pyrrole nitrogens is 1. The minimum Gasteiger partial charge on any atom is -0.507 e. The largest absolute Gasteiger partial charge is 0.507 e. The third-order valence-corrected chi connectivity index (χ3v) is 5.77. The van der Waals surface area contributed by atoms with Crippen molar-refractivity contribution in [1.82, 2.24) is 15.0 Å². The molecule has 14 heteroatoms. The van der Waals surface area contributed by atoms with Crippen LogP contribution in [-0.4, -0.2) is 58.4 Å². The second kappa shape index (κ2) is 10.1. The molecule has 1 heterocycles. The first-order chi connectivity index (χ1) is 15.3. The molecule has 0 fully saturated rings. The Bertz CT molecular complexity index is 1280. The topological polar surface area (TPSA) is 220 Å². The number of nitrogens with one attached hydrogen (secondary N) is 3. The number of ketones is 1. The molecule has 6 N–H and O–H groups in total. The monoisotopic (exact) mass is 481 g/mol. The van der Waals surface area contributed by atoms with Crippen LogP contribution < -0.4 is 15.6 Å². The van der Waals surface area contributed by atoms with Gasteiger partial charge < -0.3 is 25.6 Å². The molecule has 0 aliphatic rings. The van der Waals surface area contributed by atoms with Crippen molar-refractivity contribution in [3.63, 3.8) is 0 Å². The lowest BCUT2D eigenvalue weighted by atomic mass is 10.1. The van der Waals surface area contributed by atoms with Crippen LogP contribution in [0.25, 0.3) is 0 Å². The van der Waals surface area contributed by atoms with Gasteiger partial charge in [0, 0.05) is 12.1 Å². The molecule has 2 rings (SSSR count). The number of pyridine rings is 1. The van der Waals surface area contributed by atoms with E-state index in [1.54, 1.807) is 0 Å². The van der Waals surface area contributed by atoms with E-state index in [4.69, 9.17) is 10.2 Å².